The van der Waals surface area contributed by atoms with Gasteiger partial charge in [-0.05, 0) is 74.2 Å². The molecule has 0 unspecified atom stereocenters. The lowest BCUT2D eigenvalue weighted by Crippen LogP contribution is -2.50. The molecular formula is C54H70F3N17O8S4. The summed E-state index contributed by atoms with van der Waals surface area (Å²) in [5.74, 6) is -1.81. The third kappa shape index (κ3) is 13.7. The van der Waals surface area contributed by atoms with Crippen LogP contribution in [0, 0.1) is 0 Å². The summed E-state index contributed by atoms with van der Waals surface area (Å²) in [5, 5.41) is 36.9. The Balaban J connectivity index is 0.000000119. The van der Waals surface area contributed by atoms with Crippen LogP contribution in [0.2, 0.25) is 0 Å². The minimum atomic E-state index is -4.72. The van der Waals surface area contributed by atoms with Crippen LogP contribution in [0.4, 0.5) is 35.9 Å². The van der Waals surface area contributed by atoms with Gasteiger partial charge in [-0.2, -0.15) is 59.2 Å². The Kier molecular flexibility index (Phi) is 17.9. The van der Waals surface area contributed by atoms with Gasteiger partial charge in [-0.15, -0.1) is 0 Å². The van der Waals surface area contributed by atoms with Crippen LogP contribution in [0.1, 0.15) is 38.5 Å². The van der Waals surface area contributed by atoms with Crippen molar-refractivity contribution < 1.29 is 46.8 Å². The quantitative estimate of drug-likeness (QED) is 0.118. The molecule has 0 radical (unpaired) electrons. The molecule has 2 aliphatic carbocycles. The molecule has 0 atom stereocenters. The highest BCUT2D eigenvalue weighted by Gasteiger charge is 2.42. The number of nitrogens with two attached hydrogens (primary N) is 1. The first-order valence-electron chi connectivity index (χ1n) is 28.6. The molecule has 8 aromatic rings. The molecule has 32 heteroatoms. The van der Waals surface area contributed by atoms with Crippen LogP contribution in [0.3, 0.4) is 0 Å². The predicted octanol–water partition coefficient (Wildman–Crippen LogP) is 4.60. The van der Waals surface area contributed by atoms with Crippen molar-refractivity contribution in [2.24, 2.45) is 5.14 Å². The van der Waals surface area contributed by atoms with Gasteiger partial charge in [0, 0.05) is 149 Å². The summed E-state index contributed by atoms with van der Waals surface area (Å²) in [7, 11) is -14.0. The molecule has 4 saturated heterocycles. The third-order valence-corrected chi connectivity index (χ3v) is 24.4. The number of nitrogens with zero attached hydrogens (tertiary/aromatic N) is 12. The highest BCUT2D eigenvalue weighted by Crippen LogP contribution is 2.35. The third-order valence-electron chi connectivity index (χ3n) is 16.7. The molecule has 8 heterocycles. The number of rotatable bonds is 11. The SMILES string of the molecule is NS(=O)(=O)N1CCN(c2cccc3[nH]ncc23)CC1.O=S(=O)(C1CC1)N1CCN(c2cccc3[nH]ncc23)CC1.O=S(=O)(C1CCCC1)N1CCN(c2cccc3[nH]ncc23)CC1.O=S(=O)(CC(F)(F)F)N1CCN(c2cccc3[nH]ncc23)CC1. The molecule has 0 bridgehead atoms. The number of hydrogen-bond acceptors (Lipinski definition) is 16. The van der Waals surface area contributed by atoms with Crippen molar-refractivity contribution in [1.29, 1.82) is 0 Å². The van der Waals surface area contributed by atoms with Gasteiger partial charge in [0.15, 0.2) is 5.75 Å². The lowest BCUT2D eigenvalue weighted by atomic mass is 10.2. The van der Waals surface area contributed by atoms with Gasteiger partial charge in [0.25, 0.3) is 10.2 Å². The number of piperazine rings is 4. The van der Waals surface area contributed by atoms with Gasteiger partial charge in [-0.25, -0.2) is 30.4 Å². The van der Waals surface area contributed by atoms with Crippen molar-refractivity contribution in [3.63, 3.8) is 0 Å². The fourth-order valence-electron chi connectivity index (χ4n) is 11.9. The number of sulfonamides is 3. The minimum Gasteiger partial charge on any atom is -0.368 e. The average molecular weight is 1270 g/mol. The number of aromatic nitrogens is 8. The Morgan fingerprint density at radius 3 is 0.965 bits per heavy atom. The lowest BCUT2D eigenvalue weighted by Gasteiger charge is -2.36. The second-order valence-electron chi connectivity index (χ2n) is 22.1. The van der Waals surface area contributed by atoms with E-state index < -0.39 is 52.2 Å². The Morgan fingerprint density at radius 1 is 0.407 bits per heavy atom. The average Bonchev–Trinajstić information content (AvgIpc) is 2.81. The summed E-state index contributed by atoms with van der Waals surface area (Å²) < 4.78 is 139. The molecule has 86 heavy (non-hydrogen) atoms. The van der Waals surface area contributed by atoms with E-state index in [0.29, 0.717) is 65.4 Å². The number of anilines is 4. The van der Waals surface area contributed by atoms with Gasteiger partial charge >= 0.3 is 6.18 Å². The molecule has 4 aromatic heterocycles. The Hall–Kier alpha value is -6.65. The Bertz CT molecular complexity index is 4090. The van der Waals surface area contributed by atoms with Crippen molar-refractivity contribution in [2.45, 2.75) is 55.2 Å². The zero-order valence-corrected chi connectivity index (χ0v) is 50.4. The smallest absolute Gasteiger partial charge is 0.368 e. The molecule has 6 fully saturated rings. The second kappa shape index (κ2) is 25.2. The maximum atomic E-state index is 12.7. The Morgan fingerprint density at radius 2 is 0.686 bits per heavy atom. The van der Waals surface area contributed by atoms with Gasteiger partial charge in [0.2, 0.25) is 30.1 Å². The summed E-state index contributed by atoms with van der Waals surface area (Å²) in [6.07, 6.45) is 7.83. The molecule has 6 N–H and O–H groups in total. The maximum absolute atomic E-state index is 12.7. The van der Waals surface area contributed by atoms with Gasteiger partial charge in [0.05, 0.1) is 57.4 Å². The Labute approximate surface area is 496 Å². The van der Waals surface area contributed by atoms with E-state index in [1.54, 1.807) is 21.0 Å². The van der Waals surface area contributed by atoms with E-state index in [-0.39, 0.29) is 23.6 Å². The van der Waals surface area contributed by atoms with Crippen LogP contribution in [0.25, 0.3) is 43.6 Å². The summed E-state index contributed by atoms with van der Waals surface area (Å²) in [5.41, 5.74) is 8.09. The number of nitrogens with one attached hydrogen (secondary N) is 4. The molecule has 464 valence electrons. The van der Waals surface area contributed by atoms with Crippen molar-refractivity contribution in [1.82, 2.24) is 58.0 Å². The number of alkyl halides is 3. The van der Waals surface area contributed by atoms with Gasteiger partial charge < -0.3 is 19.6 Å². The number of hydrogen-bond donors (Lipinski definition) is 5. The van der Waals surface area contributed by atoms with E-state index in [2.05, 4.69) is 67.6 Å². The van der Waals surface area contributed by atoms with E-state index in [4.69, 9.17) is 5.14 Å². The molecule has 25 nitrogen and oxygen atoms in total. The van der Waals surface area contributed by atoms with Gasteiger partial charge in [-0.3, -0.25) is 20.4 Å². The summed E-state index contributed by atoms with van der Waals surface area (Å²) in [6.45, 7) is 8.04. The van der Waals surface area contributed by atoms with Crippen molar-refractivity contribution in [2.75, 3.05) is 130 Å². The van der Waals surface area contributed by atoms with Crippen LogP contribution in [0.15, 0.2) is 97.6 Å². The number of H-pyrrole nitrogens is 4. The number of aromatic amines is 4. The van der Waals surface area contributed by atoms with Crippen LogP contribution in [-0.2, 0) is 40.3 Å². The zero-order chi connectivity index (χ0) is 60.4. The summed E-state index contributed by atoms with van der Waals surface area (Å²) >= 11 is 0. The van der Waals surface area contributed by atoms with E-state index in [1.165, 1.54) is 4.31 Å². The van der Waals surface area contributed by atoms with E-state index in [0.717, 1.165) is 135 Å². The highest BCUT2D eigenvalue weighted by molar-refractivity contribution is 7.90. The van der Waals surface area contributed by atoms with Crippen molar-refractivity contribution >= 4 is 107 Å². The van der Waals surface area contributed by atoms with Crippen LogP contribution in [0.5, 0.6) is 0 Å². The molecule has 4 aromatic carbocycles. The molecule has 4 aliphatic heterocycles. The standard InChI is InChI=1S/C16H22N4O2S.C14H18N4O2S.C13H15F3N4O2S.C11H15N5O2S/c21-23(22,13-4-1-2-5-13)20-10-8-19(9-11-20)16-7-3-6-15-14(16)12-17-18-15;19-21(20,11-4-5-11)18-8-6-17(7-9-18)14-3-1-2-13-12(14)10-15-16-13;14-13(15,16)9-23(21,22)20-6-4-19(5-7-20)12-3-1-2-11-10(12)8-17-18-11;12-19(17,18)16-6-4-15(5-7-16)11-3-1-2-10-9(11)8-13-14-10/h3,6-7,12-13H,1-2,4-5,8-11H2,(H,17,18);1-3,10-11H,4-9H2,(H,15,16);1-3,8H,4-7,9H2,(H,17,18);1-3,8H,4-7H2,(H,13,14)(H2,12,17,18). The first-order chi connectivity index (χ1) is 41.1. The van der Waals surface area contributed by atoms with Gasteiger partial charge in [-0.1, -0.05) is 37.1 Å². The van der Waals surface area contributed by atoms with Crippen LogP contribution < -0.4 is 24.7 Å². The van der Waals surface area contributed by atoms with E-state index in [1.807, 2.05) is 78.0 Å². The monoisotopic (exact) mass is 1270 g/mol. The van der Waals surface area contributed by atoms with Gasteiger partial charge in [0.1, 0.15) is 0 Å². The highest BCUT2D eigenvalue weighted by atomic mass is 32.2. The van der Waals surface area contributed by atoms with E-state index in [9.17, 15) is 46.8 Å². The number of benzene rings is 4. The minimum absolute atomic E-state index is 0.0344. The predicted molar refractivity (Wildman–Crippen MR) is 326 cm³/mol. The van der Waals surface area contributed by atoms with Crippen LogP contribution in [-0.4, -0.2) is 219 Å². The largest absolute Gasteiger partial charge is 0.404 e. The topological polar surface area (TPSA) is 303 Å². The maximum Gasteiger partial charge on any atom is 0.404 e. The summed E-state index contributed by atoms with van der Waals surface area (Å²) in [4.78, 5) is 8.62. The summed E-state index contributed by atoms with van der Waals surface area (Å²) in [6, 6.07) is 23.7. The van der Waals surface area contributed by atoms with Crippen molar-refractivity contribution in [3.05, 3.63) is 97.6 Å². The molecular weight excluding hydrogens is 1200 g/mol. The normalized spacial score (nSPS) is 19.6. The number of halogens is 3. The van der Waals surface area contributed by atoms with E-state index >= 15 is 0 Å². The lowest BCUT2D eigenvalue weighted by molar-refractivity contribution is -0.107. The fraction of sp³-hybridized carbons (Fsp3) is 0.481. The fourth-order valence-corrected chi connectivity index (χ4v) is 17.8. The first kappa shape index (κ1) is 61.0. The molecule has 2 saturated carbocycles. The zero-order valence-electron chi connectivity index (χ0n) is 47.1. The first-order valence-corrected chi connectivity index (χ1v) is 34.7. The molecule has 0 spiro atoms. The molecule has 6 aliphatic rings. The second-order valence-corrected chi connectivity index (χ2v) is 30.0. The van der Waals surface area contributed by atoms with Crippen molar-refractivity contribution in [3.8, 4) is 0 Å². The van der Waals surface area contributed by atoms with Crippen LogP contribution >= 0.6 is 0 Å². The molecule has 0 amide bonds. The number of fused-ring (bicyclic) bond motifs is 4. The molecule has 14 rings (SSSR count).